The molecule has 0 amide bonds. The minimum absolute atomic E-state index is 0.275. The van der Waals surface area contributed by atoms with Gasteiger partial charge in [-0.3, -0.25) is 0 Å². The number of halogens is 3. The van der Waals surface area contributed by atoms with E-state index in [1.165, 1.54) is 6.07 Å². The molecule has 0 unspecified atom stereocenters. The van der Waals surface area contributed by atoms with Crippen LogP contribution >= 0.6 is 0 Å². The van der Waals surface area contributed by atoms with Crippen LogP contribution in [0.4, 0.5) is 13.2 Å². The van der Waals surface area contributed by atoms with Gasteiger partial charge in [0.15, 0.2) is 0 Å². The maximum Gasteiger partial charge on any atom is 0.416 e. The second-order valence-electron chi connectivity index (χ2n) is 4.87. The largest absolute Gasteiger partial charge is 0.416 e. The highest BCUT2D eigenvalue weighted by atomic mass is 19.4. The third-order valence-electron chi connectivity index (χ3n) is 2.53. The zero-order chi connectivity index (χ0) is 13.8. The molecule has 0 aliphatic heterocycles. The molecule has 1 rings (SSSR count). The number of methoxy groups -OCH3 is 1. The van der Waals surface area contributed by atoms with Gasteiger partial charge in [-0.1, -0.05) is 18.2 Å². The smallest absolute Gasteiger partial charge is 0.383 e. The van der Waals surface area contributed by atoms with Crippen molar-refractivity contribution in [1.29, 1.82) is 0 Å². The van der Waals surface area contributed by atoms with Crippen molar-refractivity contribution in [3.63, 3.8) is 0 Å². The summed E-state index contributed by atoms with van der Waals surface area (Å²) in [4.78, 5) is 0. The van der Waals surface area contributed by atoms with Crippen molar-refractivity contribution in [2.75, 3.05) is 13.7 Å². The molecule has 0 saturated heterocycles. The lowest BCUT2D eigenvalue weighted by molar-refractivity contribution is -0.137. The topological polar surface area (TPSA) is 21.3 Å². The van der Waals surface area contributed by atoms with Gasteiger partial charge >= 0.3 is 6.18 Å². The molecule has 0 heterocycles. The Kier molecular flexibility index (Phi) is 4.76. The average molecular weight is 261 g/mol. The summed E-state index contributed by atoms with van der Waals surface area (Å²) >= 11 is 0. The minimum Gasteiger partial charge on any atom is -0.383 e. The number of hydrogen-bond donors (Lipinski definition) is 1. The monoisotopic (exact) mass is 261 g/mol. The Morgan fingerprint density at radius 1 is 1.22 bits per heavy atom. The van der Waals surface area contributed by atoms with Gasteiger partial charge in [0.05, 0.1) is 12.2 Å². The third kappa shape index (κ3) is 4.66. The van der Waals surface area contributed by atoms with E-state index in [1.54, 1.807) is 13.2 Å². The number of nitrogens with one attached hydrogen (secondary N) is 1. The molecule has 0 atom stereocenters. The molecule has 18 heavy (non-hydrogen) atoms. The maximum atomic E-state index is 12.5. The first-order chi connectivity index (χ1) is 8.24. The molecule has 0 bridgehead atoms. The minimum atomic E-state index is -4.29. The standard InChI is InChI=1S/C13H18F3NO/c1-12(2,9-18-3)17-8-10-5-4-6-11(7-10)13(14,15)16/h4-7,17H,8-9H2,1-3H3. The van der Waals surface area contributed by atoms with Gasteiger partial charge < -0.3 is 10.1 Å². The Labute approximate surface area is 105 Å². The normalized spacial score (nSPS) is 12.8. The molecule has 1 aromatic rings. The summed E-state index contributed by atoms with van der Waals surface area (Å²) in [7, 11) is 1.59. The fourth-order valence-electron chi connectivity index (χ4n) is 1.61. The maximum absolute atomic E-state index is 12.5. The Hall–Kier alpha value is -1.07. The quantitative estimate of drug-likeness (QED) is 0.878. The molecule has 1 N–H and O–H groups in total. The molecule has 5 heteroatoms. The lowest BCUT2D eigenvalue weighted by Gasteiger charge is -2.25. The van der Waals surface area contributed by atoms with Gasteiger partial charge in [-0.15, -0.1) is 0 Å². The summed E-state index contributed by atoms with van der Waals surface area (Å²) < 4.78 is 42.6. The van der Waals surface area contributed by atoms with Crippen molar-refractivity contribution in [2.45, 2.75) is 32.1 Å². The van der Waals surface area contributed by atoms with E-state index in [1.807, 2.05) is 13.8 Å². The number of ether oxygens (including phenoxy) is 1. The highest BCUT2D eigenvalue weighted by Gasteiger charge is 2.30. The lowest BCUT2D eigenvalue weighted by atomic mass is 10.1. The van der Waals surface area contributed by atoms with Crippen LogP contribution in [0.5, 0.6) is 0 Å². The molecule has 1 aromatic carbocycles. The molecule has 0 aromatic heterocycles. The van der Waals surface area contributed by atoms with E-state index in [2.05, 4.69) is 5.32 Å². The van der Waals surface area contributed by atoms with E-state index < -0.39 is 11.7 Å². The predicted molar refractivity (Wildman–Crippen MR) is 64.2 cm³/mol. The van der Waals surface area contributed by atoms with Crippen molar-refractivity contribution in [3.8, 4) is 0 Å². The van der Waals surface area contributed by atoms with Crippen LogP contribution < -0.4 is 5.32 Å². The average Bonchev–Trinajstić information content (AvgIpc) is 2.26. The zero-order valence-electron chi connectivity index (χ0n) is 10.8. The fourth-order valence-corrected chi connectivity index (χ4v) is 1.61. The molecular weight excluding hydrogens is 243 g/mol. The molecule has 2 nitrogen and oxygen atoms in total. The highest BCUT2D eigenvalue weighted by molar-refractivity contribution is 5.25. The van der Waals surface area contributed by atoms with E-state index in [0.29, 0.717) is 18.7 Å². The highest BCUT2D eigenvalue weighted by Crippen LogP contribution is 2.29. The lowest BCUT2D eigenvalue weighted by Crippen LogP contribution is -2.42. The first kappa shape index (κ1) is 15.0. The van der Waals surface area contributed by atoms with Crippen LogP contribution in [0.3, 0.4) is 0 Å². The van der Waals surface area contributed by atoms with Gasteiger partial charge in [0.25, 0.3) is 0 Å². The fraction of sp³-hybridized carbons (Fsp3) is 0.538. The van der Waals surface area contributed by atoms with Crippen LogP contribution in [0, 0.1) is 0 Å². The number of benzene rings is 1. The van der Waals surface area contributed by atoms with Crippen molar-refractivity contribution >= 4 is 0 Å². The summed E-state index contributed by atoms with van der Waals surface area (Å²) in [5.74, 6) is 0. The van der Waals surface area contributed by atoms with E-state index in [-0.39, 0.29) is 5.54 Å². The van der Waals surface area contributed by atoms with Crippen molar-refractivity contribution < 1.29 is 17.9 Å². The summed E-state index contributed by atoms with van der Waals surface area (Å²) in [6.45, 7) is 4.74. The Morgan fingerprint density at radius 2 is 1.89 bits per heavy atom. The summed E-state index contributed by atoms with van der Waals surface area (Å²) in [6, 6.07) is 5.33. The molecular formula is C13H18F3NO. The van der Waals surface area contributed by atoms with E-state index in [0.717, 1.165) is 12.1 Å². The predicted octanol–water partition coefficient (Wildman–Crippen LogP) is 3.22. The van der Waals surface area contributed by atoms with Gasteiger partial charge in [0.2, 0.25) is 0 Å². The van der Waals surface area contributed by atoms with E-state index in [9.17, 15) is 13.2 Å². The number of hydrogen-bond acceptors (Lipinski definition) is 2. The van der Waals surface area contributed by atoms with Crippen molar-refractivity contribution in [2.24, 2.45) is 0 Å². The summed E-state index contributed by atoms with van der Waals surface area (Å²) in [6.07, 6.45) is -4.29. The molecule has 0 aliphatic carbocycles. The summed E-state index contributed by atoms with van der Waals surface area (Å²) in [5, 5.41) is 3.16. The molecule has 0 spiro atoms. The van der Waals surface area contributed by atoms with Gasteiger partial charge in [-0.25, -0.2) is 0 Å². The van der Waals surface area contributed by atoms with Crippen LogP contribution in [0.15, 0.2) is 24.3 Å². The molecule has 102 valence electrons. The van der Waals surface area contributed by atoms with Gasteiger partial charge in [0.1, 0.15) is 0 Å². The molecule has 0 radical (unpaired) electrons. The van der Waals surface area contributed by atoms with Gasteiger partial charge in [0, 0.05) is 19.2 Å². The van der Waals surface area contributed by atoms with Crippen LogP contribution in [-0.4, -0.2) is 19.3 Å². The zero-order valence-corrected chi connectivity index (χ0v) is 10.8. The molecule has 0 saturated carbocycles. The second kappa shape index (κ2) is 5.71. The molecule has 0 fully saturated rings. The summed E-state index contributed by atoms with van der Waals surface area (Å²) in [5.41, 5.74) is -0.288. The Balaban J connectivity index is 2.69. The first-order valence-electron chi connectivity index (χ1n) is 5.65. The van der Waals surface area contributed by atoms with Gasteiger partial charge in [-0.2, -0.15) is 13.2 Å². The molecule has 0 aliphatic rings. The van der Waals surface area contributed by atoms with Crippen molar-refractivity contribution in [1.82, 2.24) is 5.32 Å². The van der Waals surface area contributed by atoms with E-state index in [4.69, 9.17) is 4.74 Å². The third-order valence-corrected chi connectivity index (χ3v) is 2.53. The van der Waals surface area contributed by atoms with Crippen LogP contribution in [0.1, 0.15) is 25.0 Å². The van der Waals surface area contributed by atoms with Crippen molar-refractivity contribution in [3.05, 3.63) is 35.4 Å². The SMILES string of the molecule is COCC(C)(C)NCc1cccc(C(F)(F)F)c1. The van der Waals surface area contributed by atoms with Crippen LogP contribution in [0.2, 0.25) is 0 Å². The Bertz CT molecular complexity index is 388. The Morgan fingerprint density at radius 3 is 2.44 bits per heavy atom. The first-order valence-corrected chi connectivity index (χ1v) is 5.65. The van der Waals surface area contributed by atoms with Crippen LogP contribution in [-0.2, 0) is 17.5 Å². The van der Waals surface area contributed by atoms with Gasteiger partial charge in [-0.05, 0) is 25.5 Å². The van der Waals surface area contributed by atoms with Crippen LogP contribution in [0.25, 0.3) is 0 Å². The number of rotatable bonds is 5. The second-order valence-corrected chi connectivity index (χ2v) is 4.87. The van der Waals surface area contributed by atoms with E-state index >= 15 is 0 Å². The number of alkyl halides is 3.